The zero-order valence-corrected chi connectivity index (χ0v) is 22.1. The standard InChI is InChI=1S/C28H25FN4O3.C2H6/c1-28(2,10-11-30)26-25(16-4-6-17(7-5-16)27(34)35)20-14-22(32)18(15-31)12-23(20)33(26)19-8-9-21(29)24(13-19)36-3;1-2/h4-9,12-15,31H,10,32H2,1-3H3,(H,34,35);1-2H3. The van der Waals surface area contributed by atoms with Gasteiger partial charge in [-0.2, -0.15) is 5.26 Å². The summed E-state index contributed by atoms with van der Waals surface area (Å²) in [6.07, 6.45) is 1.34. The number of fused-ring (bicyclic) bond motifs is 1. The maximum Gasteiger partial charge on any atom is 0.335 e. The average molecular weight is 515 g/mol. The topological polar surface area (TPSA) is 125 Å². The molecule has 0 spiro atoms. The third kappa shape index (κ3) is 4.96. The van der Waals surface area contributed by atoms with Gasteiger partial charge in [0.05, 0.1) is 24.3 Å². The van der Waals surface area contributed by atoms with Gasteiger partial charge in [-0.3, -0.25) is 0 Å². The quantitative estimate of drug-likeness (QED) is 0.182. The lowest BCUT2D eigenvalue weighted by Crippen LogP contribution is -2.22. The molecule has 3 aromatic carbocycles. The number of anilines is 1. The lowest BCUT2D eigenvalue weighted by atomic mass is 9.81. The van der Waals surface area contributed by atoms with Crippen LogP contribution in [0.4, 0.5) is 10.1 Å². The summed E-state index contributed by atoms with van der Waals surface area (Å²) < 4.78 is 21.5. The molecule has 0 unspecified atom stereocenters. The molecule has 0 aliphatic carbocycles. The lowest BCUT2D eigenvalue weighted by Gasteiger charge is -2.27. The molecule has 7 nitrogen and oxygen atoms in total. The minimum atomic E-state index is -1.03. The van der Waals surface area contributed by atoms with Gasteiger partial charge in [-0.05, 0) is 42.0 Å². The summed E-state index contributed by atoms with van der Waals surface area (Å²) in [5, 5.41) is 27.6. The predicted molar refractivity (Wildman–Crippen MR) is 149 cm³/mol. The zero-order valence-electron chi connectivity index (χ0n) is 22.1. The Labute approximate surface area is 221 Å². The first kappa shape index (κ1) is 27.9. The first-order valence-electron chi connectivity index (χ1n) is 12.2. The highest BCUT2D eigenvalue weighted by Crippen LogP contribution is 2.45. The zero-order chi connectivity index (χ0) is 28.2. The van der Waals surface area contributed by atoms with Crippen LogP contribution in [-0.4, -0.2) is 29.0 Å². The monoisotopic (exact) mass is 514 g/mol. The number of nitriles is 1. The molecule has 0 amide bonds. The van der Waals surface area contributed by atoms with E-state index in [1.807, 2.05) is 32.3 Å². The highest BCUT2D eigenvalue weighted by Gasteiger charge is 2.32. The largest absolute Gasteiger partial charge is 0.494 e. The number of rotatable bonds is 7. The summed E-state index contributed by atoms with van der Waals surface area (Å²) in [5.41, 5.74) is 10.2. The van der Waals surface area contributed by atoms with Crippen molar-refractivity contribution in [3.05, 3.63) is 77.2 Å². The van der Waals surface area contributed by atoms with Crippen molar-refractivity contribution in [1.82, 2.24) is 4.57 Å². The van der Waals surface area contributed by atoms with Gasteiger partial charge in [0.1, 0.15) is 0 Å². The molecule has 1 aromatic heterocycles. The molecule has 0 aliphatic rings. The van der Waals surface area contributed by atoms with Crippen LogP contribution in [0.5, 0.6) is 5.75 Å². The Balaban J connectivity index is 0.00000195. The SMILES string of the molecule is CC.COc1cc(-n2c(C(C)(C)CC#N)c(-c3ccc(C(=O)O)cc3)c3cc(N)c(C=N)cc32)ccc1F. The average Bonchev–Trinajstić information content (AvgIpc) is 3.24. The fraction of sp³-hybridized carbons (Fsp3) is 0.233. The fourth-order valence-corrected chi connectivity index (χ4v) is 4.54. The van der Waals surface area contributed by atoms with Crippen molar-refractivity contribution in [2.24, 2.45) is 0 Å². The van der Waals surface area contributed by atoms with Crippen LogP contribution >= 0.6 is 0 Å². The number of carboxylic acid groups (broad SMARTS) is 1. The number of aromatic carboxylic acids is 1. The van der Waals surface area contributed by atoms with Crippen molar-refractivity contribution >= 4 is 28.8 Å². The third-order valence-corrected chi connectivity index (χ3v) is 6.30. The molecule has 8 heteroatoms. The molecular weight excluding hydrogens is 483 g/mol. The van der Waals surface area contributed by atoms with Crippen molar-refractivity contribution in [3.63, 3.8) is 0 Å². The second-order valence-corrected chi connectivity index (χ2v) is 9.12. The van der Waals surface area contributed by atoms with E-state index >= 15 is 0 Å². The number of hydrogen-bond acceptors (Lipinski definition) is 5. The molecule has 4 N–H and O–H groups in total. The van der Waals surface area contributed by atoms with Crippen LogP contribution in [-0.2, 0) is 5.41 Å². The molecule has 0 radical (unpaired) electrons. The minimum Gasteiger partial charge on any atom is -0.494 e. The number of ether oxygens (including phenoxy) is 1. The number of aromatic nitrogens is 1. The van der Waals surface area contributed by atoms with E-state index in [1.165, 1.54) is 31.5 Å². The smallest absolute Gasteiger partial charge is 0.335 e. The molecule has 0 saturated carbocycles. The van der Waals surface area contributed by atoms with Crippen LogP contribution in [0, 0.1) is 22.6 Å². The van der Waals surface area contributed by atoms with Gasteiger partial charge in [-0.1, -0.05) is 39.8 Å². The molecule has 4 aromatic rings. The number of halogens is 1. The molecular formula is C30H31FN4O3. The van der Waals surface area contributed by atoms with Crippen LogP contribution < -0.4 is 10.5 Å². The number of carbonyl (C=O) groups is 1. The van der Waals surface area contributed by atoms with Crippen LogP contribution in [0.3, 0.4) is 0 Å². The second-order valence-electron chi connectivity index (χ2n) is 9.12. The summed E-state index contributed by atoms with van der Waals surface area (Å²) in [6.45, 7) is 7.88. The Morgan fingerprint density at radius 3 is 2.39 bits per heavy atom. The highest BCUT2D eigenvalue weighted by molar-refractivity contribution is 6.05. The Morgan fingerprint density at radius 2 is 1.84 bits per heavy atom. The molecule has 0 aliphatic heterocycles. The van der Waals surface area contributed by atoms with Gasteiger partial charge in [0.15, 0.2) is 11.6 Å². The maximum absolute atomic E-state index is 14.3. The summed E-state index contributed by atoms with van der Waals surface area (Å²) in [5.74, 6) is -1.48. The van der Waals surface area contributed by atoms with E-state index in [9.17, 15) is 19.6 Å². The predicted octanol–water partition coefficient (Wildman–Crippen LogP) is 6.94. The minimum absolute atomic E-state index is 0.0634. The van der Waals surface area contributed by atoms with E-state index in [4.69, 9.17) is 15.9 Å². The Kier molecular flexibility index (Phi) is 8.22. The van der Waals surface area contributed by atoms with Crippen LogP contribution in [0.25, 0.3) is 27.7 Å². The van der Waals surface area contributed by atoms with Crippen molar-refractivity contribution in [2.75, 3.05) is 12.8 Å². The van der Waals surface area contributed by atoms with Crippen LogP contribution in [0.15, 0.2) is 54.6 Å². The molecule has 0 saturated heterocycles. The number of nitrogens with two attached hydrogens (primary N) is 1. The fourth-order valence-electron chi connectivity index (χ4n) is 4.54. The number of benzene rings is 3. The van der Waals surface area contributed by atoms with Crippen molar-refractivity contribution < 1.29 is 19.0 Å². The second kappa shape index (κ2) is 11.2. The van der Waals surface area contributed by atoms with Gasteiger partial charge in [0.2, 0.25) is 0 Å². The van der Waals surface area contributed by atoms with Gasteiger partial charge < -0.3 is 25.6 Å². The molecule has 1 heterocycles. The molecule has 4 rings (SSSR count). The molecule has 38 heavy (non-hydrogen) atoms. The summed E-state index contributed by atoms with van der Waals surface area (Å²) in [7, 11) is 1.39. The van der Waals surface area contributed by atoms with Gasteiger partial charge >= 0.3 is 5.97 Å². The molecule has 0 bridgehead atoms. The summed E-state index contributed by atoms with van der Waals surface area (Å²) >= 11 is 0. The number of nitrogen functional groups attached to an aromatic ring is 1. The molecule has 0 fully saturated rings. The maximum atomic E-state index is 14.3. The van der Waals surface area contributed by atoms with E-state index in [2.05, 4.69) is 6.07 Å². The van der Waals surface area contributed by atoms with E-state index < -0.39 is 17.2 Å². The molecule has 196 valence electrons. The highest BCUT2D eigenvalue weighted by atomic mass is 19.1. The van der Waals surface area contributed by atoms with E-state index in [-0.39, 0.29) is 17.7 Å². The first-order valence-corrected chi connectivity index (χ1v) is 12.2. The van der Waals surface area contributed by atoms with E-state index in [0.29, 0.717) is 22.5 Å². The van der Waals surface area contributed by atoms with Crippen molar-refractivity contribution in [1.29, 1.82) is 10.7 Å². The third-order valence-electron chi connectivity index (χ3n) is 6.30. The summed E-state index contributed by atoms with van der Waals surface area (Å²) in [6, 6.07) is 16.8. The van der Waals surface area contributed by atoms with E-state index in [1.54, 1.807) is 36.4 Å². The first-order chi connectivity index (χ1) is 18.1. The van der Waals surface area contributed by atoms with Crippen molar-refractivity contribution in [2.45, 2.75) is 39.5 Å². The van der Waals surface area contributed by atoms with Crippen molar-refractivity contribution in [3.8, 4) is 28.6 Å². The number of nitrogens with zero attached hydrogens (tertiary/aromatic N) is 2. The normalized spacial score (nSPS) is 10.9. The van der Waals surface area contributed by atoms with Gasteiger partial charge in [-0.25, -0.2) is 9.18 Å². The number of carboxylic acids is 1. The number of nitrogens with one attached hydrogen (secondary N) is 1. The van der Waals surface area contributed by atoms with Crippen LogP contribution in [0.2, 0.25) is 0 Å². The van der Waals surface area contributed by atoms with Gasteiger partial charge in [-0.15, -0.1) is 0 Å². The Bertz CT molecular complexity index is 1550. The number of methoxy groups -OCH3 is 1. The Morgan fingerprint density at radius 1 is 1.18 bits per heavy atom. The van der Waals surface area contributed by atoms with Gasteiger partial charge in [0.25, 0.3) is 0 Å². The van der Waals surface area contributed by atoms with E-state index in [0.717, 1.165) is 22.2 Å². The van der Waals surface area contributed by atoms with Crippen LogP contribution in [0.1, 0.15) is 55.7 Å². The molecule has 0 atom stereocenters. The Hall–Kier alpha value is -4.64. The lowest BCUT2D eigenvalue weighted by molar-refractivity contribution is 0.0697. The summed E-state index contributed by atoms with van der Waals surface area (Å²) in [4.78, 5) is 11.4. The van der Waals surface area contributed by atoms with Gasteiger partial charge in [0, 0.05) is 57.7 Å². The number of hydrogen-bond donors (Lipinski definition) is 3.